The molecule has 1 fully saturated rings. The van der Waals surface area contributed by atoms with Crippen LogP contribution in [0.5, 0.6) is 0 Å². The highest BCUT2D eigenvalue weighted by Crippen LogP contribution is 2.27. The molecule has 0 saturated heterocycles. The van der Waals surface area contributed by atoms with Crippen molar-refractivity contribution in [3.63, 3.8) is 0 Å². The van der Waals surface area contributed by atoms with Crippen LogP contribution in [0.25, 0.3) is 0 Å². The summed E-state index contributed by atoms with van der Waals surface area (Å²) in [5.74, 6) is 2.64. The van der Waals surface area contributed by atoms with E-state index in [4.69, 9.17) is 6.42 Å². The van der Waals surface area contributed by atoms with Crippen molar-refractivity contribution in [3.05, 3.63) is 0 Å². The minimum absolute atomic E-state index is 0.392. The van der Waals surface area contributed by atoms with E-state index in [2.05, 4.69) is 22.1 Å². The van der Waals surface area contributed by atoms with Gasteiger partial charge in [-0.3, -0.25) is 10.2 Å². The lowest BCUT2D eigenvalue weighted by molar-refractivity contribution is -0.110. The second-order valence-electron chi connectivity index (χ2n) is 3.63. The number of carbonyl (C=O) groups is 2. The Hall–Kier alpha value is -1.70. The van der Waals surface area contributed by atoms with Gasteiger partial charge in [-0.15, -0.1) is 6.42 Å². The molecule has 1 aliphatic rings. The fraction of sp³-hybridized carbons (Fsp3) is 0.600. The highest BCUT2D eigenvalue weighted by atomic mass is 16.2. The third kappa shape index (κ3) is 3.17. The predicted molar refractivity (Wildman–Crippen MR) is 55.5 cm³/mol. The van der Waals surface area contributed by atoms with Gasteiger partial charge in [-0.2, -0.15) is 0 Å². The summed E-state index contributed by atoms with van der Waals surface area (Å²) in [7, 11) is 0. The van der Waals surface area contributed by atoms with Gasteiger partial charge in [0.15, 0.2) is 0 Å². The molecule has 0 atom stereocenters. The molecule has 0 aromatic heterocycles. The Morgan fingerprint density at radius 1 is 1.33 bits per heavy atom. The van der Waals surface area contributed by atoms with Crippen molar-refractivity contribution in [2.75, 3.05) is 0 Å². The molecular weight excluding hydrogens is 194 g/mol. The van der Waals surface area contributed by atoms with Crippen molar-refractivity contribution in [1.82, 2.24) is 16.2 Å². The molecule has 0 aromatic carbocycles. The summed E-state index contributed by atoms with van der Waals surface area (Å²) in [4.78, 5) is 21.3. The monoisotopic (exact) mass is 209 g/mol. The maximum Gasteiger partial charge on any atom is 0.334 e. The van der Waals surface area contributed by atoms with Crippen LogP contribution in [0.4, 0.5) is 4.79 Å². The van der Waals surface area contributed by atoms with E-state index in [9.17, 15) is 9.59 Å². The van der Waals surface area contributed by atoms with Crippen LogP contribution in [0.1, 0.15) is 32.1 Å². The Kier molecular flexibility index (Phi) is 3.98. The first kappa shape index (κ1) is 11.4. The van der Waals surface area contributed by atoms with Gasteiger partial charge in [-0.1, -0.05) is 25.2 Å². The second-order valence-corrected chi connectivity index (χ2v) is 3.63. The van der Waals surface area contributed by atoms with Crippen molar-refractivity contribution >= 4 is 12.4 Å². The molecule has 0 bridgehead atoms. The van der Waals surface area contributed by atoms with E-state index in [0.29, 0.717) is 6.41 Å². The molecule has 0 heterocycles. The first-order chi connectivity index (χ1) is 7.22. The molecule has 0 aromatic rings. The van der Waals surface area contributed by atoms with Crippen LogP contribution in [0.15, 0.2) is 0 Å². The number of urea groups is 1. The minimum Gasteiger partial charge on any atom is -0.320 e. The van der Waals surface area contributed by atoms with Gasteiger partial charge in [0, 0.05) is 0 Å². The molecular formula is C10H15N3O2. The van der Waals surface area contributed by atoms with E-state index in [-0.39, 0.29) is 0 Å². The standard InChI is InChI=1S/C10H15N3O2/c1-2-10(6-4-3-5-7-10)12-9(15)13-11-8-14/h1,8H,3-7H2,(H,11,14)(H2,12,13,15). The van der Waals surface area contributed by atoms with E-state index in [1.165, 1.54) is 0 Å². The minimum atomic E-state index is -0.549. The van der Waals surface area contributed by atoms with E-state index < -0.39 is 11.6 Å². The first-order valence-corrected chi connectivity index (χ1v) is 4.97. The van der Waals surface area contributed by atoms with Crippen molar-refractivity contribution in [2.24, 2.45) is 0 Å². The molecule has 0 spiro atoms. The first-order valence-electron chi connectivity index (χ1n) is 4.97. The molecule has 1 aliphatic carbocycles. The van der Waals surface area contributed by atoms with Gasteiger partial charge in [-0.25, -0.2) is 10.2 Å². The van der Waals surface area contributed by atoms with E-state index in [1.54, 1.807) is 0 Å². The largest absolute Gasteiger partial charge is 0.334 e. The summed E-state index contributed by atoms with van der Waals surface area (Å²) in [5, 5.41) is 2.71. The Labute approximate surface area is 89.0 Å². The molecule has 5 heteroatoms. The molecule has 0 unspecified atom stereocenters. The zero-order valence-corrected chi connectivity index (χ0v) is 8.51. The van der Waals surface area contributed by atoms with Gasteiger partial charge in [0.05, 0.1) is 0 Å². The summed E-state index contributed by atoms with van der Waals surface area (Å²) in [5.41, 5.74) is 3.69. The van der Waals surface area contributed by atoms with Crippen LogP contribution in [0.3, 0.4) is 0 Å². The molecule has 1 rings (SSSR count). The van der Waals surface area contributed by atoms with Gasteiger partial charge >= 0.3 is 6.03 Å². The van der Waals surface area contributed by atoms with Crippen molar-refractivity contribution in [2.45, 2.75) is 37.6 Å². The Bertz CT molecular complexity index is 277. The number of amides is 3. The molecule has 0 radical (unpaired) electrons. The number of hydrazine groups is 1. The summed E-state index contributed by atoms with van der Waals surface area (Å²) < 4.78 is 0. The van der Waals surface area contributed by atoms with E-state index in [0.717, 1.165) is 32.1 Å². The van der Waals surface area contributed by atoms with Gasteiger partial charge in [-0.05, 0) is 12.8 Å². The number of rotatable bonds is 3. The van der Waals surface area contributed by atoms with Crippen molar-refractivity contribution < 1.29 is 9.59 Å². The summed E-state index contributed by atoms with van der Waals surface area (Å²) >= 11 is 0. The quantitative estimate of drug-likeness (QED) is 0.355. The van der Waals surface area contributed by atoms with Crippen LogP contribution >= 0.6 is 0 Å². The normalized spacial score (nSPS) is 18.3. The van der Waals surface area contributed by atoms with E-state index >= 15 is 0 Å². The number of hydrogen-bond acceptors (Lipinski definition) is 2. The summed E-state index contributed by atoms with van der Waals surface area (Å²) in [6, 6.07) is -0.470. The molecule has 3 N–H and O–H groups in total. The van der Waals surface area contributed by atoms with Crippen LogP contribution in [-0.2, 0) is 4.79 Å². The number of carbonyl (C=O) groups excluding carboxylic acids is 2. The van der Waals surface area contributed by atoms with Crippen LogP contribution in [0, 0.1) is 12.3 Å². The number of nitrogens with one attached hydrogen (secondary N) is 3. The third-order valence-corrected chi connectivity index (χ3v) is 2.58. The fourth-order valence-corrected chi connectivity index (χ4v) is 1.80. The maximum absolute atomic E-state index is 11.3. The average molecular weight is 209 g/mol. The SMILES string of the molecule is C#CC1(NC(=O)NNC=O)CCCCC1. The number of hydrogen-bond donors (Lipinski definition) is 3. The van der Waals surface area contributed by atoms with Gasteiger partial charge in [0.25, 0.3) is 0 Å². The lowest BCUT2D eigenvalue weighted by Crippen LogP contribution is -2.54. The fourth-order valence-electron chi connectivity index (χ4n) is 1.80. The highest BCUT2D eigenvalue weighted by Gasteiger charge is 2.31. The molecule has 15 heavy (non-hydrogen) atoms. The maximum atomic E-state index is 11.3. The topological polar surface area (TPSA) is 70.2 Å². The van der Waals surface area contributed by atoms with Gasteiger partial charge in [0.2, 0.25) is 6.41 Å². The van der Waals surface area contributed by atoms with Crippen LogP contribution in [-0.4, -0.2) is 18.0 Å². The Morgan fingerprint density at radius 3 is 2.53 bits per heavy atom. The summed E-state index contributed by atoms with van der Waals surface area (Å²) in [6.07, 6.45) is 10.6. The molecule has 5 nitrogen and oxygen atoms in total. The molecule has 3 amide bonds. The average Bonchev–Trinajstić information content (AvgIpc) is 2.27. The van der Waals surface area contributed by atoms with Crippen LogP contribution < -0.4 is 16.2 Å². The lowest BCUT2D eigenvalue weighted by Gasteiger charge is -2.33. The Morgan fingerprint density at radius 2 is 2.00 bits per heavy atom. The van der Waals surface area contributed by atoms with Crippen molar-refractivity contribution in [3.8, 4) is 12.3 Å². The summed E-state index contributed by atoms with van der Waals surface area (Å²) in [6.45, 7) is 0. The third-order valence-electron chi connectivity index (χ3n) is 2.58. The predicted octanol–water partition coefficient (Wildman–Crippen LogP) is 0.283. The second kappa shape index (κ2) is 5.25. The smallest absolute Gasteiger partial charge is 0.320 e. The Balaban J connectivity index is 2.48. The van der Waals surface area contributed by atoms with Crippen molar-refractivity contribution in [1.29, 1.82) is 0 Å². The molecule has 1 saturated carbocycles. The number of terminal acetylenes is 1. The lowest BCUT2D eigenvalue weighted by atomic mass is 9.82. The van der Waals surface area contributed by atoms with Gasteiger partial charge < -0.3 is 5.32 Å². The van der Waals surface area contributed by atoms with E-state index in [1.807, 2.05) is 0 Å². The van der Waals surface area contributed by atoms with Crippen LogP contribution in [0.2, 0.25) is 0 Å². The molecule has 82 valence electrons. The zero-order valence-electron chi connectivity index (χ0n) is 8.51. The highest BCUT2D eigenvalue weighted by molar-refractivity contribution is 5.76. The zero-order chi connectivity index (χ0) is 11.1. The van der Waals surface area contributed by atoms with Gasteiger partial charge in [0.1, 0.15) is 5.54 Å². The molecule has 0 aliphatic heterocycles.